The van der Waals surface area contributed by atoms with Gasteiger partial charge in [0.2, 0.25) is 0 Å². The van der Waals surface area contributed by atoms with E-state index >= 15 is 0 Å². The number of benzene rings is 1. The summed E-state index contributed by atoms with van der Waals surface area (Å²) in [7, 11) is 0. The summed E-state index contributed by atoms with van der Waals surface area (Å²) < 4.78 is 21.6. The smallest absolute Gasteiger partial charge is 0.410 e. The molecular weight excluding hydrogens is 428 g/mol. The predicted molar refractivity (Wildman–Crippen MR) is 120 cm³/mol. The van der Waals surface area contributed by atoms with E-state index in [1.807, 2.05) is 32.9 Å². The first-order valence-corrected chi connectivity index (χ1v) is 11.1. The van der Waals surface area contributed by atoms with Crippen molar-refractivity contribution in [3.8, 4) is 5.75 Å². The molecule has 9 heteroatoms. The average Bonchev–Trinajstić information content (AvgIpc) is 2.70. The van der Waals surface area contributed by atoms with Crippen LogP contribution in [0.15, 0.2) is 36.0 Å². The fraction of sp³-hybridized carbons (Fsp3) is 0.542. The molecule has 2 heterocycles. The van der Waals surface area contributed by atoms with Crippen LogP contribution in [0.1, 0.15) is 47.5 Å². The van der Waals surface area contributed by atoms with E-state index in [2.05, 4.69) is 5.32 Å². The van der Waals surface area contributed by atoms with Crippen molar-refractivity contribution in [2.24, 2.45) is 5.92 Å². The quantitative estimate of drug-likeness (QED) is 0.402. The van der Waals surface area contributed by atoms with Crippen LogP contribution < -0.4 is 10.1 Å². The Morgan fingerprint density at radius 3 is 2.36 bits per heavy atom. The zero-order chi connectivity index (χ0) is 24.2. The second-order valence-electron chi connectivity index (χ2n) is 9.60. The molecule has 2 aliphatic rings. The molecule has 0 unspecified atom stereocenters. The van der Waals surface area contributed by atoms with Crippen molar-refractivity contribution in [2.45, 2.75) is 58.8 Å². The van der Waals surface area contributed by atoms with Crippen LogP contribution in [0.5, 0.6) is 5.75 Å². The number of hydrogen-bond donors (Lipinski definition) is 1. The van der Waals surface area contributed by atoms with E-state index < -0.39 is 23.3 Å². The zero-order valence-electron chi connectivity index (χ0n) is 19.8. The molecule has 0 radical (unpaired) electrons. The molecule has 33 heavy (non-hydrogen) atoms. The minimum absolute atomic E-state index is 0.223. The Labute approximate surface area is 194 Å². The Hall–Kier alpha value is -3.23. The van der Waals surface area contributed by atoms with Crippen LogP contribution in [0, 0.1) is 5.92 Å². The minimum atomic E-state index is -1.29. The predicted octanol–water partition coefficient (Wildman–Crippen LogP) is 3.84. The molecule has 0 spiro atoms. The standard InChI is InChI=1S/C24H32N2O7/c1-23(2,3)33-22(29)26-12-10-16(11-13-26)15-30-19-9-7-6-8-18(19)25-14-17-20(27)31-24(4,5)32-21(17)28/h6-9,14,16,25H,10-13,15H2,1-5H3. The number of ether oxygens (including phenoxy) is 4. The molecule has 2 saturated heterocycles. The van der Waals surface area contributed by atoms with Gasteiger partial charge in [0.15, 0.2) is 5.57 Å². The van der Waals surface area contributed by atoms with Gasteiger partial charge in [0.05, 0.1) is 12.3 Å². The number of hydrogen-bond acceptors (Lipinski definition) is 8. The molecule has 180 valence electrons. The molecule has 0 aliphatic carbocycles. The number of esters is 2. The molecule has 0 aromatic heterocycles. The van der Waals surface area contributed by atoms with Gasteiger partial charge in [0.1, 0.15) is 11.4 Å². The van der Waals surface area contributed by atoms with Gasteiger partial charge in [-0.05, 0) is 51.7 Å². The highest BCUT2D eigenvalue weighted by Gasteiger charge is 2.39. The molecule has 1 aromatic carbocycles. The number of nitrogens with one attached hydrogen (secondary N) is 1. The first-order chi connectivity index (χ1) is 15.4. The van der Waals surface area contributed by atoms with Crippen LogP contribution >= 0.6 is 0 Å². The highest BCUT2D eigenvalue weighted by Crippen LogP contribution is 2.28. The molecule has 1 aromatic rings. The third kappa shape index (κ3) is 6.87. The van der Waals surface area contributed by atoms with Crippen molar-refractivity contribution in [3.05, 3.63) is 36.0 Å². The number of amides is 1. The fourth-order valence-electron chi connectivity index (χ4n) is 3.46. The number of carbonyl (C=O) groups excluding carboxylic acids is 3. The number of rotatable bonds is 5. The lowest BCUT2D eigenvalue weighted by molar-refractivity contribution is -0.222. The first-order valence-electron chi connectivity index (χ1n) is 11.1. The number of anilines is 1. The summed E-state index contributed by atoms with van der Waals surface area (Å²) in [6.07, 6.45) is 2.60. The SMILES string of the molecule is CC(C)(C)OC(=O)N1CCC(COc2ccccc2NC=C2C(=O)OC(C)(C)OC2=O)CC1. The summed E-state index contributed by atoms with van der Waals surface area (Å²) in [6, 6.07) is 7.23. The number of nitrogens with zero attached hydrogens (tertiary/aromatic N) is 1. The number of piperidine rings is 1. The third-order valence-corrected chi connectivity index (χ3v) is 5.12. The Balaban J connectivity index is 1.54. The molecular formula is C24H32N2O7. The highest BCUT2D eigenvalue weighted by atomic mass is 16.7. The zero-order valence-corrected chi connectivity index (χ0v) is 19.8. The van der Waals surface area contributed by atoms with E-state index in [1.165, 1.54) is 20.0 Å². The summed E-state index contributed by atoms with van der Waals surface area (Å²) in [6.45, 7) is 10.3. The van der Waals surface area contributed by atoms with Crippen molar-refractivity contribution < 1.29 is 33.3 Å². The minimum Gasteiger partial charge on any atom is -0.491 e. The summed E-state index contributed by atoms with van der Waals surface area (Å²) in [5.41, 5.74) is -0.134. The van der Waals surface area contributed by atoms with Crippen LogP contribution in [-0.4, -0.2) is 54.0 Å². The van der Waals surface area contributed by atoms with Gasteiger partial charge in [-0.15, -0.1) is 0 Å². The van der Waals surface area contributed by atoms with E-state index in [0.29, 0.717) is 37.1 Å². The summed E-state index contributed by atoms with van der Waals surface area (Å²) in [5.74, 6) is -1.91. The van der Waals surface area contributed by atoms with Crippen molar-refractivity contribution in [2.75, 3.05) is 25.0 Å². The lowest BCUT2D eigenvalue weighted by atomic mass is 9.98. The molecule has 9 nitrogen and oxygen atoms in total. The lowest BCUT2D eigenvalue weighted by Gasteiger charge is -2.33. The lowest BCUT2D eigenvalue weighted by Crippen LogP contribution is -2.42. The molecule has 0 bridgehead atoms. The first kappa shape index (κ1) is 24.4. The van der Waals surface area contributed by atoms with E-state index in [-0.39, 0.29) is 11.7 Å². The molecule has 1 N–H and O–H groups in total. The topological polar surface area (TPSA) is 103 Å². The van der Waals surface area contributed by atoms with Gasteiger partial charge >= 0.3 is 18.0 Å². The molecule has 2 aliphatic heterocycles. The molecule has 3 rings (SSSR count). The Morgan fingerprint density at radius 2 is 1.76 bits per heavy atom. The maximum Gasteiger partial charge on any atom is 0.410 e. The maximum atomic E-state index is 12.2. The number of para-hydroxylation sites is 2. The largest absolute Gasteiger partial charge is 0.491 e. The Bertz CT molecular complexity index is 903. The van der Waals surface area contributed by atoms with Gasteiger partial charge in [0, 0.05) is 33.1 Å². The molecule has 0 saturated carbocycles. The van der Waals surface area contributed by atoms with E-state index in [9.17, 15) is 14.4 Å². The van der Waals surface area contributed by atoms with Crippen LogP contribution in [-0.2, 0) is 23.8 Å². The van der Waals surface area contributed by atoms with Gasteiger partial charge < -0.3 is 29.2 Å². The summed E-state index contributed by atoms with van der Waals surface area (Å²) >= 11 is 0. The van der Waals surface area contributed by atoms with E-state index in [4.69, 9.17) is 18.9 Å². The van der Waals surface area contributed by atoms with Crippen molar-refractivity contribution in [1.29, 1.82) is 0 Å². The summed E-state index contributed by atoms with van der Waals surface area (Å²) in [5, 5.41) is 2.94. The third-order valence-electron chi connectivity index (χ3n) is 5.12. The Morgan fingerprint density at radius 1 is 1.15 bits per heavy atom. The number of carbonyl (C=O) groups is 3. The fourth-order valence-corrected chi connectivity index (χ4v) is 3.46. The van der Waals surface area contributed by atoms with Crippen molar-refractivity contribution >= 4 is 23.7 Å². The van der Waals surface area contributed by atoms with Gasteiger partial charge in [-0.2, -0.15) is 0 Å². The van der Waals surface area contributed by atoms with Crippen LogP contribution in [0.25, 0.3) is 0 Å². The van der Waals surface area contributed by atoms with Gasteiger partial charge in [-0.25, -0.2) is 14.4 Å². The Kier molecular flexibility index (Phi) is 7.19. The number of likely N-dealkylation sites (tertiary alicyclic amines) is 1. The second kappa shape index (κ2) is 9.72. The van der Waals surface area contributed by atoms with Crippen molar-refractivity contribution in [1.82, 2.24) is 4.90 Å². The van der Waals surface area contributed by atoms with Crippen LogP contribution in [0.4, 0.5) is 10.5 Å². The van der Waals surface area contributed by atoms with Gasteiger partial charge in [-0.1, -0.05) is 12.1 Å². The number of cyclic esters (lactones) is 2. The molecule has 0 atom stereocenters. The highest BCUT2D eigenvalue weighted by molar-refractivity contribution is 6.15. The molecule has 2 fully saturated rings. The molecule has 1 amide bonds. The maximum absolute atomic E-state index is 12.2. The second-order valence-corrected chi connectivity index (χ2v) is 9.60. The van der Waals surface area contributed by atoms with Crippen LogP contribution in [0.2, 0.25) is 0 Å². The monoisotopic (exact) mass is 460 g/mol. The van der Waals surface area contributed by atoms with Crippen molar-refractivity contribution in [3.63, 3.8) is 0 Å². The van der Waals surface area contributed by atoms with E-state index in [1.54, 1.807) is 17.0 Å². The summed E-state index contributed by atoms with van der Waals surface area (Å²) in [4.78, 5) is 38.2. The van der Waals surface area contributed by atoms with E-state index in [0.717, 1.165) is 12.8 Å². The van der Waals surface area contributed by atoms with Gasteiger partial charge in [-0.3, -0.25) is 0 Å². The normalized spacial score (nSPS) is 18.8. The van der Waals surface area contributed by atoms with Crippen LogP contribution in [0.3, 0.4) is 0 Å². The average molecular weight is 461 g/mol. The van der Waals surface area contributed by atoms with Gasteiger partial charge in [0.25, 0.3) is 5.79 Å².